The van der Waals surface area contributed by atoms with Gasteiger partial charge in [0.1, 0.15) is 0 Å². The maximum atomic E-state index is 12.3. The number of aryl methyl sites for hydroxylation is 2. The molecule has 0 aliphatic carbocycles. The van der Waals surface area contributed by atoms with Crippen LogP contribution in [0, 0.1) is 6.92 Å². The second-order valence-electron chi connectivity index (χ2n) is 6.63. The van der Waals surface area contributed by atoms with Crippen LogP contribution in [0.3, 0.4) is 0 Å². The normalized spacial score (nSPS) is 15.8. The van der Waals surface area contributed by atoms with Crippen LogP contribution < -0.4 is 9.62 Å². The summed E-state index contributed by atoms with van der Waals surface area (Å²) in [5, 5.41) is 2.93. The fourth-order valence-electron chi connectivity index (χ4n) is 3.14. The van der Waals surface area contributed by atoms with Gasteiger partial charge >= 0.3 is 0 Å². The van der Waals surface area contributed by atoms with Gasteiger partial charge in [-0.05, 0) is 49.4 Å². The van der Waals surface area contributed by atoms with Crippen molar-refractivity contribution in [3.8, 4) is 0 Å². The molecule has 26 heavy (non-hydrogen) atoms. The van der Waals surface area contributed by atoms with Crippen molar-refractivity contribution in [3.05, 3.63) is 59.7 Å². The molecule has 1 saturated heterocycles. The van der Waals surface area contributed by atoms with E-state index in [-0.39, 0.29) is 11.7 Å². The van der Waals surface area contributed by atoms with Crippen molar-refractivity contribution in [2.24, 2.45) is 0 Å². The lowest BCUT2D eigenvalue weighted by molar-refractivity contribution is -0.116. The van der Waals surface area contributed by atoms with Gasteiger partial charge in [-0.25, -0.2) is 8.42 Å². The van der Waals surface area contributed by atoms with Crippen molar-refractivity contribution in [2.75, 3.05) is 21.9 Å². The molecule has 0 spiro atoms. The number of rotatable bonds is 6. The second-order valence-corrected chi connectivity index (χ2v) is 8.64. The van der Waals surface area contributed by atoms with Gasteiger partial charge in [0.15, 0.2) is 0 Å². The van der Waals surface area contributed by atoms with Crippen molar-refractivity contribution in [1.29, 1.82) is 0 Å². The van der Waals surface area contributed by atoms with E-state index in [0.717, 1.165) is 18.4 Å². The first-order chi connectivity index (χ1) is 12.5. The van der Waals surface area contributed by atoms with E-state index in [1.165, 1.54) is 9.87 Å². The van der Waals surface area contributed by atoms with E-state index in [1.54, 1.807) is 12.1 Å². The average Bonchev–Trinajstić information content (AvgIpc) is 2.97. The first kappa shape index (κ1) is 18.5. The summed E-state index contributed by atoms with van der Waals surface area (Å²) in [5.74, 6) is 0.132. The van der Waals surface area contributed by atoms with Crippen molar-refractivity contribution >= 4 is 27.3 Å². The molecule has 6 heteroatoms. The molecular weight excluding hydrogens is 348 g/mol. The minimum absolute atomic E-state index is 0.0505. The third kappa shape index (κ3) is 4.43. The van der Waals surface area contributed by atoms with E-state index >= 15 is 0 Å². The van der Waals surface area contributed by atoms with Crippen LogP contribution in [0.5, 0.6) is 0 Å². The molecule has 0 saturated carbocycles. The predicted molar refractivity (Wildman–Crippen MR) is 105 cm³/mol. The summed E-state index contributed by atoms with van der Waals surface area (Å²) in [6.07, 6.45) is 2.70. The second kappa shape index (κ2) is 7.91. The van der Waals surface area contributed by atoms with E-state index < -0.39 is 10.0 Å². The zero-order chi connectivity index (χ0) is 18.6. The summed E-state index contributed by atoms with van der Waals surface area (Å²) in [6, 6.07) is 15.5. The number of anilines is 2. The Labute approximate surface area is 155 Å². The summed E-state index contributed by atoms with van der Waals surface area (Å²) in [6.45, 7) is 2.40. The van der Waals surface area contributed by atoms with E-state index in [1.807, 2.05) is 31.2 Å². The Morgan fingerprint density at radius 2 is 1.92 bits per heavy atom. The summed E-state index contributed by atoms with van der Waals surface area (Å²) in [5.41, 5.74) is 3.43. The number of benzene rings is 2. The molecule has 1 fully saturated rings. The molecule has 1 heterocycles. The largest absolute Gasteiger partial charge is 0.326 e. The number of nitrogens with one attached hydrogen (secondary N) is 1. The molecule has 3 rings (SSSR count). The molecule has 5 nitrogen and oxygen atoms in total. The zero-order valence-corrected chi connectivity index (χ0v) is 15.8. The Bertz CT molecular complexity index is 879. The average molecular weight is 372 g/mol. The van der Waals surface area contributed by atoms with Gasteiger partial charge in [0, 0.05) is 18.7 Å². The highest BCUT2D eigenvalue weighted by Crippen LogP contribution is 2.28. The molecule has 2 aromatic rings. The number of carbonyl (C=O) groups excluding carboxylic acids is 1. The van der Waals surface area contributed by atoms with Crippen molar-refractivity contribution < 1.29 is 13.2 Å². The Balaban J connectivity index is 1.62. The number of nitrogens with zero attached hydrogens (tertiary/aromatic N) is 1. The lowest BCUT2D eigenvalue weighted by atomic mass is 10.1. The van der Waals surface area contributed by atoms with Gasteiger partial charge in [-0.15, -0.1) is 0 Å². The summed E-state index contributed by atoms with van der Waals surface area (Å²) in [7, 11) is -3.22. The number of hydrogen-bond acceptors (Lipinski definition) is 3. The number of hydrogen-bond donors (Lipinski definition) is 1. The molecular formula is C20H24N2O3S. The fraction of sp³-hybridized carbons (Fsp3) is 0.350. The summed E-state index contributed by atoms with van der Waals surface area (Å²) < 4.78 is 25.6. The minimum Gasteiger partial charge on any atom is -0.326 e. The van der Waals surface area contributed by atoms with Gasteiger partial charge in [0.2, 0.25) is 15.9 Å². The molecule has 0 bridgehead atoms. The quantitative estimate of drug-likeness (QED) is 0.844. The summed E-state index contributed by atoms with van der Waals surface area (Å²) >= 11 is 0. The topological polar surface area (TPSA) is 66.5 Å². The Kier molecular flexibility index (Phi) is 5.61. The van der Waals surface area contributed by atoms with Crippen LogP contribution in [0.15, 0.2) is 48.5 Å². The molecule has 2 aromatic carbocycles. The molecule has 0 unspecified atom stereocenters. The van der Waals surface area contributed by atoms with Crippen LogP contribution >= 0.6 is 0 Å². The minimum atomic E-state index is -3.22. The van der Waals surface area contributed by atoms with E-state index in [0.29, 0.717) is 30.8 Å². The lowest BCUT2D eigenvalue weighted by Gasteiger charge is -2.19. The third-order valence-electron chi connectivity index (χ3n) is 4.59. The van der Waals surface area contributed by atoms with Crippen LogP contribution in [-0.4, -0.2) is 26.6 Å². The maximum absolute atomic E-state index is 12.3. The molecule has 1 N–H and O–H groups in total. The van der Waals surface area contributed by atoms with Crippen LogP contribution in [0.2, 0.25) is 0 Å². The lowest BCUT2D eigenvalue weighted by Crippen LogP contribution is -2.25. The van der Waals surface area contributed by atoms with Crippen molar-refractivity contribution in [2.45, 2.75) is 32.6 Å². The van der Waals surface area contributed by atoms with Gasteiger partial charge in [-0.2, -0.15) is 0 Å². The van der Waals surface area contributed by atoms with Crippen LogP contribution in [0.4, 0.5) is 11.4 Å². The van der Waals surface area contributed by atoms with Gasteiger partial charge in [0.25, 0.3) is 0 Å². The molecule has 0 radical (unpaired) electrons. The first-order valence-corrected chi connectivity index (χ1v) is 10.5. The monoisotopic (exact) mass is 372 g/mol. The predicted octanol–water partition coefficient (Wildman–Crippen LogP) is 3.50. The highest BCUT2D eigenvalue weighted by Gasteiger charge is 2.28. The third-order valence-corrected chi connectivity index (χ3v) is 6.46. The van der Waals surface area contributed by atoms with Crippen molar-refractivity contribution in [3.63, 3.8) is 0 Å². The van der Waals surface area contributed by atoms with Gasteiger partial charge in [-0.1, -0.05) is 36.4 Å². The SMILES string of the molecule is Cc1ccc(N2CCCS2(=O)=O)cc1NC(=O)CCCc1ccccc1. The molecule has 1 aliphatic heterocycles. The molecule has 1 aliphatic rings. The van der Waals surface area contributed by atoms with E-state index in [4.69, 9.17) is 0 Å². The molecule has 138 valence electrons. The molecule has 0 atom stereocenters. The Morgan fingerprint density at radius 3 is 2.62 bits per heavy atom. The standard InChI is InChI=1S/C20H24N2O3S/c1-16-11-12-18(22-13-6-14-26(22,24)25)15-19(16)21-20(23)10-5-9-17-7-3-2-4-8-17/h2-4,7-8,11-12,15H,5-6,9-10,13-14H2,1H3,(H,21,23). The Hall–Kier alpha value is -2.34. The zero-order valence-electron chi connectivity index (χ0n) is 14.9. The summed E-state index contributed by atoms with van der Waals surface area (Å²) in [4.78, 5) is 12.3. The van der Waals surface area contributed by atoms with Gasteiger partial charge in [-0.3, -0.25) is 9.10 Å². The first-order valence-electron chi connectivity index (χ1n) is 8.90. The Morgan fingerprint density at radius 1 is 1.15 bits per heavy atom. The van der Waals surface area contributed by atoms with Crippen molar-refractivity contribution in [1.82, 2.24) is 0 Å². The number of carbonyl (C=O) groups is 1. The number of amides is 1. The van der Waals surface area contributed by atoms with Crippen LogP contribution in [0.25, 0.3) is 0 Å². The highest BCUT2D eigenvalue weighted by atomic mass is 32.2. The maximum Gasteiger partial charge on any atom is 0.235 e. The molecule has 1 amide bonds. The number of sulfonamides is 1. The van der Waals surface area contributed by atoms with E-state index in [9.17, 15) is 13.2 Å². The van der Waals surface area contributed by atoms with E-state index in [2.05, 4.69) is 17.4 Å². The van der Waals surface area contributed by atoms with Gasteiger partial charge < -0.3 is 5.32 Å². The molecule has 0 aromatic heterocycles. The van der Waals surface area contributed by atoms with Crippen LogP contribution in [-0.2, 0) is 21.2 Å². The smallest absolute Gasteiger partial charge is 0.235 e. The highest BCUT2D eigenvalue weighted by molar-refractivity contribution is 7.93. The van der Waals surface area contributed by atoms with Crippen LogP contribution in [0.1, 0.15) is 30.4 Å². The fourth-order valence-corrected chi connectivity index (χ4v) is 4.70. The van der Waals surface area contributed by atoms with Gasteiger partial charge in [0.05, 0.1) is 11.4 Å².